The van der Waals surface area contributed by atoms with Gasteiger partial charge in [-0.25, -0.2) is 0 Å². The maximum Gasteiger partial charge on any atom is 0.0187 e. The lowest BCUT2D eigenvalue weighted by molar-refractivity contribution is 0.122. The summed E-state index contributed by atoms with van der Waals surface area (Å²) < 4.78 is 0. The lowest BCUT2D eigenvalue weighted by Crippen LogP contribution is -2.44. The summed E-state index contributed by atoms with van der Waals surface area (Å²) in [4.78, 5) is 2.62. The SMILES string of the molecule is CCCN(CCC)C(C)(C)C/C=C\CNC(C)(C)C. The quantitative estimate of drug-likeness (QED) is 0.630. The average molecular weight is 268 g/mol. The van der Waals surface area contributed by atoms with Crippen molar-refractivity contribution in [2.45, 2.75) is 78.8 Å². The van der Waals surface area contributed by atoms with Crippen molar-refractivity contribution in [2.75, 3.05) is 19.6 Å². The maximum atomic E-state index is 3.49. The smallest absolute Gasteiger partial charge is 0.0187 e. The van der Waals surface area contributed by atoms with Gasteiger partial charge in [-0.3, -0.25) is 4.90 Å². The largest absolute Gasteiger partial charge is 0.309 e. The van der Waals surface area contributed by atoms with Crippen LogP contribution in [-0.2, 0) is 0 Å². The molecule has 0 spiro atoms. The first-order valence-corrected chi connectivity index (χ1v) is 7.88. The van der Waals surface area contributed by atoms with Gasteiger partial charge in [0.25, 0.3) is 0 Å². The van der Waals surface area contributed by atoms with Crippen LogP contribution in [0, 0.1) is 0 Å². The van der Waals surface area contributed by atoms with Crippen molar-refractivity contribution in [2.24, 2.45) is 0 Å². The zero-order valence-corrected chi connectivity index (χ0v) is 14.3. The van der Waals surface area contributed by atoms with Crippen molar-refractivity contribution >= 4 is 0 Å². The summed E-state index contributed by atoms with van der Waals surface area (Å²) in [5.41, 5.74) is 0.473. The van der Waals surface area contributed by atoms with E-state index in [1.807, 2.05) is 0 Å². The minimum absolute atomic E-state index is 0.205. The third kappa shape index (κ3) is 9.23. The summed E-state index contributed by atoms with van der Waals surface area (Å²) in [7, 11) is 0. The first-order valence-electron chi connectivity index (χ1n) is 7.88. The lowest BCUT2D eigenvalue weighted by atomic mass is 9.97. The minimum Gasteiger partial charge on any atom is -0.309 e. The van der Waals surface area contributed by atoms with Crippen LogP contribution >= 0.6 is 0 Å². The van der Waals surface area contributed by atoms with Crippen LogP contribution in [0.5, 0.6) is 0 Å². The molecule has 114 valence electrons. The highest BCUT2D eigenvalue weighted by Crippen LogP contribution is 2.20. The van der Waals surface area contributed by atoms with E-state index >= 15 is 0 Å². The normalized spacial score (nSPS) is 13.7. The van der Waals surface area contributed by atoms with Crippen LogP contribution in [0.4, 0.5) is 0 Å². The van der Waals surface area contributed by atoms with Gasteiger partial charge in [-0.05, 0) is 67.0 Å². The molecule has 0 aromatic heterocycles. The van der Waals surface area contributed by atoms with Gasteiger partial charge >= 0.3 is 0 Å². The van der Waals surface area contributed by atoms with Crippen LogP contribution in [0.2, 0.25) is 0 Å². The van der Waals surface area contributed by atoms with E-state index in [1.54, 1.807) is 0 Å². The monoisotopic (exact) mass is 268 g/mol. The summed E-state index contributed by atoms with van der Waals surface area (Å²) in [5, 5.41) is 3.49. The maximum absolute atomic E-state index is 3.49. The van der Waals surface area contributed by atoms with E-state index in [1.165, 1.54) is 25.9 Å². The molecule has 0 fully saturated rings. The number of nitrogens with one attached hydrogen (secondary N) is 1. The second kappa shape index (κ2) is 8.76. The molecule has 0 unspecified atom stereocenters. The highest BCUT2D eigenvalue weighted by Gasteiger charge is 2.23. The van der Waals surface area contributed by atoms with Crippen molar-refractivity contribution in [3.8, 4) is 0 Å². The summed E-state index contributed by atoms with van der Waals surface area (Å²) in [5.74, 6) is 0. The molecule has 0 aliphatic heterocycles. The zero-order valence-electron chi connectivity index (χ0n) is 14.3. The van der Waals surface area contributed by atoms with Crippen LogP contribution in [-0.4, -0.2) is 35.6 Å². The van der Waals surface area contributed by atoms with Gasteiger partial charge in [-0.2, -0.15) is 0 Å². The van der Waals surface area contributed by atoms with Crippen molar-refractivity contribution in [3.05, 3.63) is 12.2 Å². The summed E-state index contributed by atoms with van der Waals surface area (Å²) in [6.07, 6.45) is 8.19. The Morgan fingerprint density at radius 2 is 1.42 bits per heavy atom. The molecular formula is C17H36N2. The second-order valence-corrected chi connectivity index (χ2v) is 7.11. The van der Waals surface area contributed by atoms with Gasteiger partial charge in [0.1, 0.15) is 0 Å². The van der Waals surface area contributed by atoms with Crippen LogP contribution < -0.4 is 5.32 Å². The van der Waals surface area contributed by atoms with Crippen LogP contribution in [0.15, 0.2) is 12.2 Å². The Balaban J connectivity index is 4.22. The Morgan fingerprint density at radius 1 is 0.895 bits per heavy atom. The van der Waals surface area contributed by atoms with Crippen LogP contribution in [0.25, 0.3) is 0 Å². The van der Waals surface area contributed by atoms with Crippen LogP contribution in [0.1, 0.15) is 67.7 Å². The summed E-state index contributed by atoms with van der Waals surface area (Å²) in [6.45, 7) is 19.2. The first-order chi connectivity index (χ1) is 8.73. The molecule has 0 atom stereocenters. The highest BCUT2D eigenvalue weighted by atomic mass is 15.2. The van der Waals surface area contributed by atoms with Gasteiger partial charge in [0.2, 0.25) is 0 Å². The van der Waals surface area contributed by atoms with Gasteiger partial charge in [0.15, 0.2) is 0 Å². The van der Waals surface area contributed by atoms with E-state index in [0.29, 0.717) is 0 Å². The molecule has 0 rings (SSSR count). The Bertz CT molecular complexity index is 242. The van der Waals surface area contributed by atoms with Gasteiger partial charge < -0.3 is 5.32 Å². The molecular weight excluding hydrogens is 232 g/mol. The molecule has 1 N–H and O–H groups in total. The third-order valence-corrected chi connectivity index (χ3v) is 3.38. The zero-order chi connectivity index (χ0) is 14.9. The summed E-state index contributed by atoms with van der Waals surface area (Å²) in [6, 6.07) is 0. The van der Waals surface area contributed by atoms with E-state index in [4.69, 9.17) is 0 Å². The molecule has 0 radical (unpaired) electrons. The standard InChI is InChI=1S/C17H36N2/c1-8-14-19(15-9-2)17(6,7)12-10-11-13-18-16(3,4)5/h10-11,18H,8-9,12-15H2,1-7H3/b11-10-. The number of hydrogen-bond acceptors (Lipinski definition) is 2. The topological polar surface area (TPSA) is 15.3 Å². The van der Waals surface area contributed by atoms with E-state index in [0.717, 1.165) is 13.0 Å². The van der Waals surface area contributed by atoms with E-state index in [2.05, 4.69) is 70.8 Å². The van der Waals surface area contributed by atoms with Crippen molar-refractivity contribution in [1.29, 1.82) is 0 Å². The average Bonchev–Trinajstić information content (AvgIpc) is 2.26. The van der Waals surface area contributed by atoms with Gasteiger partial charge in [0.05, 0.1) is 0 Å². The fraction of sp³-hybridized carbons (Fsp3) is 0.882. The predicted molar refractivity (Wildman–Crippen MR) is 87.7 cm³/mol. The minimum atomic E-state index is 0.205. The fourth-order valence-electron chi connectivity index (χ4n) is 2.21. The molecule has 2 heteroatoms. The predicted octanol–water partition coefficient (Wildman–Crippen LogP) is 4.22. The summed E-state index contributed by atoms with van der Waals surface area (Å²) >= 11 is 0. The van der Waals surface area contributed by atoms with Gasteiger partial charge in [-0.1, -0.05) is 26.0 Å². The highest BCUT2D eigenvalue weighted by molar-refractivity contribution is 4.94. The second-order valence-electron chi connectivity index (χ2n) is 7.11. The first kappa shape index (κ1) is 18.7. The molecule has 0 aliphatic rings. The van der Waals surface area contributed by atoms with E-state index in [9.17, 15) is 0 Å². The molecule has 0 amide bonds. The van der Waals surface area contributed by atoms with E-state index < -0.39 is 0 Å². The third-order valence-electron chi connectivity index (χ3n) is 3.38. The van der Waals surface area contributed by atoms with Crippen molar-refractivity contribution in [1.82, 2.24) is 10.2 Å². The number of rotatable bonds is 9. The van der Waals surface area contributed by atoms with Crippen molar-refractivity contribution < 1.29 is 0 Å². The Morgan fingerprint density at radius 3 is 1.84 bits per heavy atom. The molecule has 0 aromatic rings. The Labute approximate surface area is 121 Å². The Hall–Kier alpha value is -0.340. The molecule has 0 aliphatic carbocycles. The Kier molecular flexibility index (Phi) is 8.60. The van der Waals surface area contributed by atoms with E-state index in [-0.39, 0.29) is 11.1 Å². The van der Waals surface area contributed by atoms with Crippen LogP contribution in [0.3, 0.4) is 0 Å². The molecule has 19 heavy (non-hydrogen) atoms. The molecule has 0 aromatic carbocycles. The van der Waals surface area contributed by atoms with Gasteiger partial charge in [0, 0.05) is 17.6 Å². The van der Waals surface area contributed by atoms with Gasteiger partial charge in [-0.15, -0.1) is 0 Å². The molecule has 0 saturated carbocycles. The fourth-order valence-corrected chi connectivity index (χ4v) is 2.21. The van der Waals surface area contributed by atoms with Crippen molar-refractivity contribution in [3.63, 3.8) is 0 Å². The molecule has 0 heterocycles. The lowest BCUT2D eigenvalue weighted by Gasteiger charge is -2.38. The number of hydrogen-bond donors (Lipinski definition) is 1. The molecule has 0 bridgehead atoms. The number of nitrogens with zero attached hydrogens (tertiary/aromatic N) is 1. The molecule has 0 saturated heterocycles. The molecule has 2 nitrogen and oxygen atoms in total.